The van der Waals surface area contributed by atoms with Gasteiger partial charge in [0, 0.05) is 47.0 Å². The van der Waals surface area contributed by atoms with E-state index >= 15 is 0 Å². The highest BCUT2D eigenvalue weighted by Crippen LogP contribution is 2.47. The second kappa shape index (κ2) is 10.4. The maximum Gasteiger partial charge on any atom is 0.269 e. The van der Waals surface area contributed by atoms with Crippen LogP contribution in [-0.2, 0) is 17.3 Å². The Morgan fingerprint density at radius 3 is 2.51 bits per heavy atom. The first-order chi connectivity index (χ1) is 19.4. The molecule has 1 unspecified atom stereocenters. The van der Waals surface area contributed by atoms with Gasteiger partial charge < -0.3 is 10.0 Å². The molecule has 0 saturated heterocycles. The number of allylic oxidation sites excluding steroid dienone is 5. The average molecular weight is 545 g/mol. The minimum Gasteiger partial charge on any atom is -0.508 e. The number of non-ortho nitro benzene ring substituents is 1. The monoisotopic (exact) mass is 544 g/mol. The summed E-state index contributed by atoms with van der Waals surface area (Å²) >= 11 is 0. The molecular formula is C36H36N2O3. The first-order valence-electron chi connectivity index (χ1n) is 13.8. The van der Waals surface area contributed by atoms with Gasteiger partial charge in [0.15, 0.2) is 0 Å². The van der Waals surface area contributed by atoms with Crippen molar-refractivity contribution in [2.75, 3.05) is 11.9 Å². The number of benzene rings is 4. The molecule has 0 amide bonds. The number of hydrogen-bond donors (Lipinski definition) is 1. The van der Waals surface area contributed by atoms with Gasteiger partial charge in [-0.25, -0.2) is 0 Å². The molecule has 5 nitrogen and oxygen atoms in total. The second-order valence-electron chi connectivity index (χ2n) is 11.7. The fourth-order valence-corrected chi connectivity index (χ4v) is 6.42. The van der Waals surface area contributed by atoms with Crippen molar-refractivity contribution in [1.82, 2.24) is 0 Å². The van der Waals surface area contributed by atoms with Crippen molar-refractivity contribution in [3.05, 3.63) is 147 Å². The van der Waals surface area contributed by atoms with E-state index in [-0.39, 0.29) is 16.9 Å². The Morgan fingerprint density at radius 2 is 1.78 bits per heavy atom. The first kappa shape index (κ1) is 27.9. The summed E-state index contributed by atoms with van der Waals surface area (Å²) < 4.78 is 0. The lowest BCUT2D eigenvalue weighted by Crippen LogP contribution is -2.28. The smallest absolute Gasteiger partial charge is 0.269 e. The molecule has 0 saturated carbocycles. The number of phenols is 1. The molecule has 1 aliphatic rings. The topological polar surface area (TPSA) is 66.6 Å². The Morgan fingerprint density at radius 1 is 1.07 bits per heavy atom. The fraction of sp³-hybridized carbons (Fsp3) is 0.222. The molecule has 5 heteroatoms. The number of fused-ring (bicyclic) bond motifs is 2. The predicted octanol–water partition coefficient (Wildman–Crippen LogP) is 8.69. The Labute approximate surface area is 241 Å². The van der Waals surface area contributed by atoms with Gasteiger partial charge in [-0.3, -0.25) is 10.1 Å². The van der Waals surface area contributed by atoms with Crippen LogP contribution < -0.4 is 4.90 Å². The lowest BCUT2D eigenvalue weighted by molar-refractivity contribution is -0.384. The zero-order chi connectivity index (χ0) is 29.5. The van der Waals surface area contributed by atoms with Gasteiger partial charge in [0.1, 0.15) is 5.75 Å². The van der Waals surface area contributed by atoms with Crippen molar-refractivity contribution in [3.8, 4) is 5.75 Å². The second-order valence-corrected chi connectivity index (χ2v) is 11.7. The number of anilines is 1. The third-order valence-corrected chi connectivity index (χ3v) is 8.71. The molecular weight excluding hydrogens is 508 g/mol. The van der Waals surface area contributed by atoms with Crippen molar-refractivity contribution in [1.29, 1.82) is 0 Å². The molecule has 4 aromatic carbocycles. The highest BCUT2D eigenvalue weighted by atomic mass is 16.6. The van der Waals surface area contributed by atoms with E-state index in [1.54, 1.807) is 0 Å². The Hall–Kier alpha value is -4.64. The molecule has 0 spiro atoms. The minimum atomic E-state index is -0.674. The zero-order valence-electron chi connectivity index (χ0n) is 24.3. The third kappa shape index (κ3) is 4.82. The largest absolute Gasteiger partial charge is 0.508 e. The molecule has 0 aliphatic carbocycles. The van der Waals surface area contributed by atoms with Crippen molar-refractivity contribution in [2.45, 2.75) is 44.9 Å². The predicted molar refractivity (Wildman–Crippen MR) is 169 cm³/mol. The number of nitro groups is 1. The van der Waals surface area contributed by atoms with Crippen LogP contribution in [0, 0.1) is 17.0 Å². The number of nitro benzene ring substituents is 1. The average Bonchev–Trinajstić information content (AvgIpc) is 3.14. The summed E-state index contributed by atoms with van der Waals surface area (Å²) in [5, 5.41) is 24.6. The van der Waals surface area contributed by atoms with Crippen LogP contribution in [0.1, 0.15) is 43.0 Å². The molecule has 4 aromatic rings. The summed E-state index contributed by atoms with van der Waals surface area (Å²) in [6.45, 7) is 13.2. The molecule has 208 valence electrons. The number of rotatable bonds is 7. The van der Waals surface area contributed by atoms with Crippen LogP contribution in [0.25, 0.3) is 10.8 Å². The summed E-state index contributed by atoms with van der Waals surface area (Å²) in [5.74, 6) is 0.0331. The highest BCUT2D eigenvalue weighted by Gasteiger charge is 2.38. The summed E-state index contributed by atoms with van der Waals surface area (Å²) in [4.78, 5) is 13.4. The van der Waals surface area contributed by atoms with E-state index in [0.717, 1.165) is 27.5 Å². The Kier molecular flexibility index (Phi) is 7.08. The van der Waals surface area contributed by atoms with Crippen molar-refractivity contribution < 1.29 is 10.0 Å². The fourth-order valence-electron chi connectivity index (χ4n) is 6.42. The van der Waals surface area contributed by atoms with Gasteiger partial charge in [0.2, 0.25) is 0 Å². The zero-order valence-corrected chi connectivity index (χ0v) is 24.3. The van der Waals surface area contributed by atoms with Crippen LogP contribution in [0.3, 0.4) is 0 Å². The Balaban J connectivity index is 1.61. The standard InChI is InChI=1S/C36H36N2O3/c1-24-18-19-26-13-7-8-14-29(26)34(24)36(5,23-27-22-28(38(40)41)20-21-32(27)39)25(2)12-11-17-33-35(3,4)30-15-9-10-16-31(30)37(33)6/h7-22,39H,2,23H2,1,3-6H3/b12-11+,33-17+. The maximum absolute atomic E-state index is 11.6. The molecule has 0 radical (unpaired) electrons. The van der Waals surface area contributed by atoms with E-state index < -0.39 is 10.3 Å². The van der Waals surface area contributed by atoms with Crippen LogP contribution >= 0.6 is 0 Å². The molecule has 0 fully saturated rings. The normalized spacial score (nSPS) is 16.7. The maximum atomic E-state index is 11.6. The van der Waals surface area contributed by atoms with Crippen LogP contribution in [0.15, 0.2) is 115 Å². The number of phenolic OH excluding ortho intramolecular Hbond substituents is 1. The SMILES string of the molecule is C=C(/C=C/C=C1/N(C)c2ccccc2C1(C)C)C(C)(Cc1cc([N+](=O)[O-])ccc1O)c1c(C)ccc2ccccc12. The summed E-state index contributed by atoms with van der Waals surface area (Å²) in [5.41, 5.74) is 6.34. The van der Waals surface area contributed by atoms with Crippen LogP contribution in [0.5, 0.6) is 5.75 Å². The quantitative estimate of drug-likeness (QED) is 0.144. The van der Waals surface area contributed by atoms with Crippen LogP contribution in [0.2, 0.25) is 0 Å². The third-order valence-electron chi connectivity index (χ3n) is 8.71. The minimum absolute atomic E-state index is 0.0331. The number of hydrogen-bond acceptors (Lipinski definition) is 4. The van der Waals surface area contributed by atoms with Gasteiger partial charge >= 0.3 is 0 Å². The molecule has 1 N–H and O–H groups in total. The van der Waals surface area contributed by atoms with E-state index in [1.165, 1.54) is 35.1 Å². The van der Waals surface area contributed by atoms with Crippen LogP contribution in [-0.4, -0.2) is 17.1 Å². The first-order valence-corrected chi connectivity index (χ1v) is 13.8. The number of para-hydroxylation sites is 1. The summed E-state index contributed by atoms with van der Waals surface area (Å²) in [6.07, 6.45) is 6.57. The number of likely N-dealkylation sites (N-methyl/N-ethyl adjacent to an activating group) is 1. The molecule has 1 aliphatic heterocycles. The van der Waals surface area contributed by atoms with E-state index in [4.69, 9.17) is 0 Å². The van der Waals surface area contributed by atoms with Crippen molar-refractivity contribution in [3.63, 3.8) is 0 Å². The number of aromatic hydroxyl groups is 1. The molecule has 0 bridgehead atoms. The van der Waals surface area contributed by atoms with Gasteiger partial charge in [0.25, 0.3) is 5.69 Å². The number of aryl methyl sites for hydroxylation is 1. The van der Waals surface area contributed by atoms with Gasteiger partial charge in [-0.05, 0) is 64.6 Å². The van der Waals surface area contributed by atoms with Gasteiger partial charge in [0.05, 0.1) is 4.92 Å². The van der Waals surface area contributed by atoms with E-state index in [9.17, 15) is 15.2 Å². The van der Waals surface area contributed by atoms with Gasteiger partial charge in [-0.15, -0.1) is 0 Å². The molecule has 5 rings (SSSR count). The van der Waals surface area contributed by atoms with Crippen molar-refractivity contribution in [2.24, 2.45) is 0 Å². The van der Waals surface area contributed by atoms with Gasteiger partial charge in [-0.1, -0.05) is 94.1 Å². The van der Waals surface area contributed by atoms with E-state index in [0.29, 0.717) is 12.0 Å². The molecule has 41 heavy (non-hydrogen) atoms. The van der Waals surface area contributed by atoms with Gasteiger partial charge in [-0.2, -0.15) is 0 Å². The number of nitrogens with zero attached hydrogens (tertiary/aromatic N) is 2. The summed E-state index contributed by atoms with van der Waals surface area (Å²) in [7, 11) is 2.09. The molecule has 0 aromatic heterocycles. The van der Waals surface area contributed by atoms with E-state index in [2.05, 4.69) is 101 Å². The Bertz CT molecular complexity index is 1750. The molecule has 1 heterocycles. The van der Waals surface area contributed by atoms with E-state index in [1.807, 2.05) is 24.3 Å². The lowest BCUT2D eigenvalue weighted by Gasteiger charge is -2.34. The highest BCUT2D eigenvalue weighted by molar-refractivity contribution is 5.88. The lowest BCUT2D eigenvalue weighted by atomic mass is 9.69. The summed E-state index contributed by atoms with van der Waals surface area (Å²) in [6, 6.07) is 25.1. The molecule has 1 atom stereocenters. The van der Waals surface area contributed by atoms with Crippen molar-refractivity contribution >= 4 is 22.1 Å². The van der Waals surface area contributed by atoms with Crippen LogP contribution in [0.4, 0.5) is 11.4 Å².